The van der Waals surface area contributed by atoms with Gasteiger partial charge in [0.25, 0.3) is 0 Å². The lowest BCUT2D eigenvalue weighted by Crippen LogP contribution is -2.28. The largest absolute Gasteiger partial charge is 0.353 e. The second kappa shape index (κ2) is 7.25. The molecule has 0 unspecified atom stereocenters. The van der Waals surface area contributed by atoms with Crippen molar-refractivity contribution >= 4 is 0 Å². The summed E-state index contributed by atoms with van der Waals surface area (Å²) in [5.74, 6) is 0. The Bertz CT molecular complexity index is 177. The average molecular weight is 229 g/mol. The molecule has 1 atom stereocenters. The van der Waals surface area contributed by atoms with Gasteiger partial charge >= 0.3 is 0 Å². The first kappa shape index (κ1) is 13.9. The Morgan fingerprint density at radius 1 is 1.31 bits per heavy atom. The molecule has 1 aliphatic heterocycles. The van der Waals surface area contributed by atoms with Crippen molar-refractivity contribution in [3.63, 3.8) is 0 Å². The van der Waals surface area contributed by atoms with Gasteiger partial charge in [-0.15, -0.1) is 0 Å². The zero-order chi connectivity index (χ0) is 11.9. The summed E-state index contributed by atoms with van der Waals surface area (Å²) in [6.45, 7) is 6.96. The van der Waals surface area contributed by atoms with E-state index in [1.165, 1.54) is 25.7 Å². The van der Waals surface area contributed by atoms with E-state index < -0.39 is 0 Å². The van der Waals surface area contributed by atoms with E-state index in [1.807, 2.05) is 0 Å². The van der Waals surface area contributed by atoms with Crippen LogP contribution in [0.2, 0.25) is 0 Å². The summed E-state index contributed by atoms with van der Waals surface area (Å²) in [7, 11) is 0. The molecule has 1 heterocycles. The highest BCUT2D eigenvalue weighted by Crippen LogP contribution is 2.25. The van der Waals surface area contributed by atoms with Gasteiger partial charge in [0.1, 0.15) is 0 Å². The highest BCUT2D eigenvalue weighted by Gasteiger charge is 2.21. The Kier molecular flexibility index (Phi) is 6.32. The Morgan fingerprint density at radius 3 is 2.75 bits per heavy atom. The molecule has 0 amide bonds. The minimum Gasteiger partial charge on any atom is -0.353 e. The third-order valence-corrected chi connectivity index (χ3v) is 3.11. The van der Waals surface area contributed by atoms with Crippen molar-refractivity contribution in [1.29, 1.82) is 0 Å². The van der Waals surface area contributed by atoms with Gasteiger partial charge in [-0.05, 0) is 44.1 Å². The van der Waals surface area contributed by atoms with E-state index >= 15 is 0 Å². The molecular weight excluding hydrogens is 202 g/mol. The molecule has 3 nitrogen and oxygen atoms in total. The number of hydrogen-bond donors (Lipinski definition) is 1. The van der Waals surface area contributed by atoms with E-state index in [2.05, 4.69) is 13.8 Å². The lowest BCUT2D eigenvalue weighted by atomic mass is 9.88. The molecule has 1 fully saturated rings. The van der Waals surface area contributed by atoms with E-state index in [9.17, 15) is 0 Å². The predicted molar refractivity (Wildman–Crippen MR) is 66.2 cm³/mol. The first-order chi connectivity index (χ1) is 7.64. The Labute approximate surface area is 99.7 Å². The maximum absolute atomic E-state index is 5.82. The van der Waals surface area contributed by atoms with Crippen LogP contribution in [0.5, 0.6) is 0 Å². The first-order valence-corrected chi connectivity index (χ1v) is 6.57. The maximum atomic E-state index is 5.82. The van der Waals surface area contributed by atoms with Crippen molar-refractivity contribution in [2.45, 2.75) is 58.7 Å². The van der Waals surface area contributed by atoms with Crippen molar-refractivity contribution in [3.05, 3.63) is 0 Å². The van der Waals surface area contributed by atoms with Gasteiger partial charge in [0, 0.05) is 6.61 Å². The van der Waals surface area contributed by atoms with Gasteiger partial charge in [0.2, 0.25) is 0 Å². The summed E-state index contributed by atoms with van der Waals surface area (Å²) in [4.78, 5) is 0. The van der Waals surface area contributed by atoms with Crippen LogP contribution in [0.15, 0.2) is 0 Å². The van der Waals surface area contributed by atoms with Gasteiger partial charge in [-0.2, -0.15) is 0 Å². The molecule has 1 aliphatic rings. The van der Waals surface area contributed by atoms with Crippen molar-refractivity contribution in [1.82, 2.24) is 0 Å². The van der Waals surface area contributed by atoms with E-state index in [0.29, 0.717) is 0 Å². The lowest BCUT2D eigenvalue weighted by molar-refractivity contribution is -0.176. The van der Waals surface area contributed by atoms with Crippen LogP contribution in [-0.4, -0.2) is 26.0 Å². The van der Waals surface area contributed by atoms with Crippen LogP contribution in [-0.2, 0) is 9.47 Å². The summed E-state index contributed by atoms with van der Waals surface area (Å²) in [5, 5.41) is 0. The van der Waals surface area contributed by atoms with Crippen LogP contribution in [0.3, 0.4) is 0 Å². The number of nitrogens with two attached hydrogens (primary N) is 1. The van der Waals surface area contributed by atoms with Crippen molar-refractivity contribution in [3.8, 4) is 0 Å². The highest BCUT2D eigenvalue weighted by molar-refractivity contribution is 4.68. The summed E-state index contributed by atoms with van der Waals surface area (Å²) < 4.78 is 11.4. The van der Waals surface area contributed by atoms with Gasteiger partial charge in [0.15, 0.2) is 6.29 Å². The van der Waals surface area contributed by atoms with Crippen LogP contribution in [0.4, 0.5) is 0 Å². The van der Waals surface area contributed by atoms with Crippen LogP contribution < -0.4 is 5.73 Å². The zero-order valence-corrected chi connectivity index (χ0v) is 10.8. The first-order valence-electron chi connectivity index (χ1n) is 6.57. The van der Waals surface area contributed by atoms with E-state index in [0.717, 1.165) is 32.6 Å². The molecular formula is C13H27NO2. The monoisotopic (exact) mass is 229 g/mol. The summed E-state index contributed by atoms with van der Waals surface area (Å²) in [6.07, 6.45) is 7.00. The third-order valence-electron chi connectivity index (χ3n) is 3.11. The molecule has 1 rings (SSSR count). The van der Waals surface area contributed by atoms with Gasteiger partial charge < -0.3 is 15.2 Å². The van der Waals surface area contributed by atoms with Crippen LogP contribution in [0.1, 0.15) is 52.4 Å². The number of rotatable bonds is 7. The highest BCUT2D eigenvalue weighted by atomic mass is 16.7. The smallest absolute Gasteiger partial charge is 0.157 e. The Hall–Kier alpha value is -0.120. The average Bonchev–Trinajstić information content (AvgIpc) is 2.28. The van der Waals surface area contributed by atoms with Gasteiger partial charge in [0.05, 0.1) is 6.61 Å². The maximum Gasteiger partial charge on any atom is 0.157 e. The fourth-order valence-corrected chi connectivity index (χ4v) is 1.98. The number of unbranched alkanes of at least 4 members (excludes halogenated alkanes) is 1. The second-order valence-electron chi connectivity index (χ2n) is 5.52. The fourth-order valence-electron chi connectivity index (χ4n) is 1.98. The molecule has 0 aliphatic carbocycles. The zero-order valence-electron chi connectivity index (χ0n) is 10.8. The Balaban J connectivity index is 2.13. The molecule has 0 radical (unpaired) electrons. The summed E-state index contributed by atoms with van der Waals surface area (Å²) >= 11 is 0. The molecule has 1 saturated heterocycles. The summed E-state index contributed by atoms with van der Waals surface area (Å²) in [6, 6.07) is 0. The topological polar surface area (TPSA) is 44.5 Å². The van der Waals surface area contributed by atoms with E-state index in [-0.39, 0.29) is 11.7 Å². The quantitative estimate of drug-likeness (QED) is 0.683. The van der Waals surface area contributed by atoms with Crippen LogP contribution in [0, 0.1) is 5.41 Å². The van der Waals surface area contributed by atoms with E-state index in [4.69, 9.17) is 15.2 Å². The molecule has 0 aromatic heterocycles. The predicted octanol–water partition coefficient (Wildman–Crippen LogP) is 2.68. The second-order valence-corrected chi connectivity index (χ2v) is 5.52. The van der Waals surface area contributed by atoms with Crippen molar-refractivity contribution in [2.75, 3.05) is 19.8 Å². The van der Waals surface area contributed by atoms with Crippen molar-refractivity contribution < 1.29 is 9.47 Å². The van der Waals surface area contributed by atoms with Gasteiger partial charge in [-0.1, -0.05) is 20.3 Å². The minimum atomic E-state index is 0.0440. The molecule has 0 aromatic carbocycles. The number of ether oxygens (including phenoxy) is 2. The third kappa shape index (κ3) is 5.83. The number of hydrogen-bond acceptors (Lipinski definition) is 3. The molecule has 0 aromatic rings. The Morgan fingerprint density at radius 2 is 2.12 bits per heavy atom. The van der Waals surface area contributed by atoms with Crippen molar-refractivity contribution in [2.24, 2.45) is 11.1 Å². The molecule has 0 saturated carbocycles. The molecule has 0 bridgehead atoms. The molecule has 0 spiro atoms. The van der Waals surface area contributed by atoms with Gasteiger partial charge in [-0.25, -0.2) is 0 Å². The SMILES string of the molecule is CC(C)(CCCCN)CO[C@H]1CCCCO1. The molecule has 3 heteroatoms. The standard InChI is InChI=1S/C13H27NO2/c1-13(2,8-4-5-9-14)11-16-12-7-3-6-10-15-12/h12H,3-11,14H2,1-2H3/t12-/m0/s1. The summed E-state index contributed by atoms with van der Waals surface area (Å²) in [5.41, 5.74) is 5.74. The molecule has 96 valence electrons. The normalized spacial score (nSPS) is 22.3. The van der Waals surface area contributed by atoms with E-state index in [1.54, 1.807) is 0 Å². The molecule has 16 heavy (non-hydrogen) atoms. The van der Waals surface area contributed by atoms with Gasteiger partial charge in [-0.3, -0.25) is 0 Å². The molecule has 2 N–H and O–H groups in total. The lowest BCUT2D eigenvalue weighted by Gasteiger charge is -2.29. The minimum absolute atomic E-state index is 0.0440. The van der Waals surface area contributed by atoms with Crippen LogP contribution in [0.25, 0.3) is 0 Å². The van der Waals surface area contributed by atoms with Crippen LogP contribution >= 0.6 is 0 Å². The fraction of sp³-hybridized carbons (Fsp3) is 1.00.